The third-order valence-electron chi connectivity index (χ3n) is 5.05. The highest BCUT2D eigenvalue weighted by atomic mass is 16.6. The van der Waals surface area contributed by atoms with Gasteiger partial charge in [0.05, 0.1) is 12.2 Å². The Kier molecular flexibility index (Phi) is 3.84. The smallest absolute Gasteiger partial charge is 0.126 e. The van der Waals surface area contributed by atoms with Crippen LogP contribution in [0.1, 0.15) is 38.3 Å². The minimum atomic E-state index is -0.504. The van der Waals surface area contributed by atoms with Crippen LogP contribution in [-0.2, 0) is 10.3 Å². The van der Waals surface area contributed by atoms with Crippen LogP contribution in [0.2, 0.25) is 0 Å². The lowest BCUT2D eigenvalue weighted by Crippen LogP contribution is -2.68. The first kappa shape index (κ1) is 15.3. The summed E-state index contributed by atoms with van der Waals surface area (Å²) in [5, 5.41) is 10.3. The first-order chi connectivity index (χ1) is 10.5. The Labute approximate surface area is 132 Å². The van der Waals surface area contributed by atoms with Crippen LogP contribution in [0.4, 0.5) is 0 Å². The molecule has 0 aliphatic carbocycles. The fourth-order valence-corrected chi connectivity index (χ4v) is 3.80. The second-order valence-corrected chi connectivity index (χ2v) is 6.65. The largest absolute Gasteiger partial charge is 0.390 e. The van der Waals surface area contributed by atoms with Crippen LogP contribution in [0.15, 0.2) is 60.7 Å². The first-order valence-corrected chi connectivity index (χ1v) is 8.01. The van der Waals surface area contributed by atoms with E-state index in [1.54, 1.807) is 0 Å². The van der Waals surface area contributed by atoms with Crippen molar-refractivity contribution in [2.75, 3.05) is 0 Å². The predicted octanol–water partition coefficient (Wildman–Crippen LogP) is 4.13. The highest BCUT2D eigenvalue weighted by Gasteiger charge is 2.64. The molecule has 116 valence electrons. The summed E-state index contributed by atoms with van der Waals surface area (Å²) < 4.78 is 6.42. The molecule has 2 nitrogen and oxygen atoms in total. The van der Waals surface area contributed by atoms with Gasteiger partial charge in [-0.15, -0.1) is 0 Å². The molecule has 0 amide bonds. The van der Waals surface area contributed by atoms with Gasteiger partial charge in [0, 0.05) is 5.41 Å². The fraction of sp³-hybridized carbons (Fsp3) is 0.400. The second kappa shape index (κ2) is 5.53. The average Bonchev–Trinajstić information content (AvgIpc) is 2.56. The van der Waals surface area contributed by atoms with Crippen LogP contribution in [0.25, 0.3) is 0 Å². The second-order valence-electron chi connectivity index (χ2n) is 6.65. The van der Waals surface area contributed by atoms with E-state index in [1.807, 2.05) is 43.3 Å². The van der Waals surface area contributed by atoms with Gasteiger partial charge in [-0.2, -0.15) is 0 Å². The Balaban J connectivity index is 2.12. The number of hydrogen-bond acceptors (Lipinski definition) is 2. The van der Waals surface area contributed by atoms with E-state index in [2.05, 4.69) is 38.1 Å². The molecule has 2 aromatic rings. The summed E-state index contributed by atoms with van der Waals surface area (Å²) in [6, 6.07) is 20.7. The van der Waals surface area contributed by atoms with Crippen LogP contribution >= 0.6 is 0 Å². The molecule has 2 heteroatoms. The molecular formula is C20H24O2. The van der Waals surface area contributed by atoms with E-state index in [0.29, 0.717) is 6.42 Å². The van der Waals surface area contributed by atoms with Crippen LogP contribution < -0.4 is 0 Å². The predicted molar refractivity (Wildman–Crippen MR) is 88.6 cm³/mol. The van der Waals surface area contributed by atoms with Gasteiger partial charge < -0.3 is 9.84 Å². The van der Waals surface area contributed by atoms with E-state index >= 15 is 0 Å². The number of ether oxygens (including phenoxy) is 1. The molecule has 22 heavy (non-hydrogen) atoms. The van der Waals surface area contributed by atoms with Crippen molar-refractivity contribution in [1.82, 2.24) is 0 Å². The van der Waals surface area contributed by atoms with Gasteiger partial charge in [-0.25, -0.2) is 0 Å². The molecule has 1 aliphatic heterocycles. The van der Waals surface area contributed by atoms with E-state index in [1.165, 1.54) is 0 Å². The molecule has 3 rings (SSSR count). The lowest BCUT2D eigenvalue weighted by atomic mass is 9.58. The van der Waals surface area contributed by atoms with Crippen molar-refractivity contribution in [2.24, 2.45) is 5.41 Å². The standard InChI is InChI=1S/C20H24O2/c1-4-17(21)18-19(2,3)20(22-18,15-11-7-5-8-12-15)16-13-9-6-10-14-16/h5-14,17-18,21H,4H2,1-3H3/t17?,18-/m1/s1. The van der Waals surface area contributed by atoms with Gasteiger partial charge in [0.1, 0.15) is 5.60 Å². The highest BCUT2D eigenvalue weighted by molar-refractivity contribution is 5.42. The summed E-state index contributed by atoms with van der Waals surface area (Å²) >= 11 is 0. The van der Waals surface area contributed by atoms with Gasteiger partial charge >= 0.3 is 0 Å². The molecule has 1 fully saturated rings. The minimum Gasteiger partial charge on any atom is -0.390 e. The van der Waals surface area contributed by atoms with Crippen molar-refractivity contribution in [2.45, 2.75) is 45.0 Å². The Morgan fingerprint density at radius 2 is 1.41 bits per heavy atom. The zero-order valence-corrected chi connectivity index (χ0v) is 13.5. The molecule has 0 spiro atoms. The fourth-order valence-electron chi connectivity index (χ4n) is 3.80. The number of hydrogen-bond donors (Lipinski definition) is 1. The molecule has 0 bridgehead atoms. The van der Waals surface area contributed by atoms with Crippen LogP contribution in [0.5, 0.6) is 0 Å². The topological polar surface area (TPSA) is 29.5 Å². The van der Waals surface area contributed by atoms with Gasteiger partial charge in [0.15, 0.2) is 0 Å². The SMILES string of the molecule is CCC(O)[C@H]1OC(c2ccccc2)(c2ccccc2)C1(C)C. The Morgan fingerprint density at radius 3 is 1.77 bits per heavy atom. The van der Waals surface area contributed by atoms with Crippen molar-refractivity contribution in [3.8, 4) is 0 Å². The van der Waals surface area contributed by atoms with Gasteiger partial charge in [-0.3, -0.25) is 0 Å². The molecule has 1 aliphatic rings. The van der Waals surface area contributed by atoms with E-state index in [4.69, 9.17) is 4.74 Å². The van der Waals surface area contributed by atoms with Gasteiger partial charge in [0.25, 0.3) is 0 Å². The van der Waals surface area contributed by atoms with E-state index in [-0.39, 0.29) is 11.5 Å². The molecular weight excluding hydrogens is 272 g/mol. The highest BCUT2D eigenvalue weighted by Crippen LogP contribution is 2.60. The summed E-state index contributed by atoms with van der Waals surface area (Å²) in [4.78, 5) is 0. The maximum atomic E-state index is 10.3. The summed E-state index contributed by atoms with van der Waals surface area (Å²) in [5.74, 6) is 0. The van der Waals surface area contributed by atoms with Crippen molar-refractivity contribution in [3.05, 3.63) is 71.8 Å². The van der Waals surface area contributed by atoms with Gasteiger partial charge in [-0.05, 0) is 17.5 Å². The van der Waals surface area contributed by atoms with E-state index in [0.717, 1.165) is 11.1 Å². The van der Waals surface area contributed by atoms with E-state index in [9.17, 15) is 5.11 Å². The lowest BCUT2D eigenvalue weighted by molar-refractivity contribution is -0.320. The molecule has 1 heterocycles. The zero-order chi connectivity index (χ0) is 15.8. The summed E-state index contributed by atoms with van der Waals surface area (Å²) in [6.45, 7) is 6.38. The monoisotopic (exact) mass is 296 g/mol. The minimum absolute atomic E-state index is 0.155. The molecule has 0 radical (unpaired) electrons. The average molecular weight is 296 g/mol. The Morgan fingerprint density at radius 1 is 0.955 bits per heavy atom. The molecule has 0 aromatic heterocycles. The van der Waals surface area contributed by atoms with Crippen LogP contribution in [-0.4, -0.2) is 17.3 Å². The quantitative estimate of drug-likeness (QED) is 0.919. The maximum absolute atomic E-state index is 10.3. The number of rotatable bonds is 4. The van der Waals surface area contributed by atoms with E-state index < -0.39 is 11.7 Å². The van der Waals surface area contributed by atoms with Crippen molar-refractivity contribution in [3.63, 3.8) is 0 Å². The van der Waals surface area contributed by atoms with Crippen molar-refractivity contribution < 1.29 is 9.84 Å². The Hall–Kier alpha value is -1.64. The lowest BCUT2D eigenvalue weighted by Gasteiger charge is -2.63. The molecule has 1 N–H and O–H groups in total. The number of benzene rings is 2. The van der Waals surface area contributed by atoms with Crippen LogP contribution in [0, 0.1) is 5.41 Å². The Bertz CT molecular complexity index is 579. The molecule has 0 saturated carbocycles. The zero-order valence-electron chi connectivity index (χ0n) is 13.5. The number of aliphatic hydroxyl groups excluding tert-OH is 1. The summed E-state index contributed by atoms with van der Waals surface area (Å²) in [7, 11) is 0. The van der Waals surface area contributed by atoms with Gasteiger partial charge in [0.2, 0.25) is 0 Å². The molecule has 2 aromatic carbocycles. The van der Waals surface area contributed by atoms with Crippen molar-refractivity contribution in [1.29, 1.82) is 0 Å². The first-order valence-electron chi connectivity index (χ1n) is 8.01. The summed E-state index contributed by atoms with van der Waals surface area (Å²) in [6.07, 6.45) is 0.113. The summed E-state index contributed by atoms with van der Waals surface area (Å²) in [5.41, 5.74) is 1.60. The molecule has 2 atom stereocenters. The van der Waals surface area contributed by atoms with Crippen LogP contribution in [0.3, 0.4) is 0 Å². The third-order valence-corrected chi connectivity index (χ3v) is 5.05. The molecule has 1 saturated heterocycles. The maximum Gasteiger partial charge on any atom is 0.126 e. The normalized spacial score (nSPS) is 23.5. The third kappa shape index (κ3) is 2.02. The number of aliphatic hydroxyl groups is 1. The van der Waals surface area contributed by atoms with Crippen molar-refractivity contribution >= 4 is 0 Å². The molecule has 1 unspecified atom stereocenters. The van der Waals surface area contributed by atoms with Gasteiger partial charge in [-0.1, -0.05) is 81.4 Å².